The van der Waals surface area contributed by atoms with Gasteiger partial charge >= 0.3 is 0 Å². The highest BCUT2D eigenvalue weighted by Crippen LogP contribution is 2.95. The summed E-state index contributed by atoms with van der Waals surface area (Å²) in [5, 5.41) is 0. The molecule has 0 aromatic rings. The van der Waals surface area contributed by atoms with E-state index in [0.717, 1.165) is 23.7 Å². The van der Waals surface area contributed by atoms with Crippen LogP contribution in [0.1, 0.15) is 80.1 Å². The summed E-state index contributed by atoms with van der Waals surface area (Å²) in [7, 11) is 0. The maximum atomic E-state index is 2.62. The van der Waals surface area contributed by atoms with Gasteiger partial charge in [-0.1, -0.05) is 54.4 Å². The third-order valence-electron chi connectivity index (χ3n) is 9.10. The molecule has 0 radical (unpaired) electrons. The topological polar surface area (TPSA) is 0 Å². The zero-order valence-corrected chi connectivity index (χ0v) is 14.6. The highest BCUT2D eigenvalue weighted by Gasteiger charge is 2.89. The van der Waals surface area contributed by atoms with E-state index in [9.17, 15) is 0 Å². The third-order valence-corrected chi connectivity index (χ3v) is 9.10. The molecule has 20 heavy (non-hydrogen) atoms. The molecule has 6 unspecified atom stereocenters. The lowest BCUT2D eigenvalue weighted by molar-refractivity contribution is 0.0640. The van der Waals surface area contributed by atoms with Crippen molar-refractivity contribution in [2.24, 2.45) is 45.3 Å². The molecule has 4 aliphatic rings. The summed E-state index contributed by atoms with van der Waals surface area (Å²) < 4.78 is 0. The molecule has 0 spiro atoms. The predicted octanol–water partition coefficient (Wildman–Crippen LogP) is 5.91. The Labute approximate surface area is 126 Å². The fourth-order valence-corrected chi connectivity index (χ4v) is 8.30. The second kappa shape index (κ2) is 3.49. The minimum atomic E-state index is 0.626. The molecule has 4 rings (SSSR count). The largest absolute Gasteiger partial charge is 0.0625 e. The normalized spacial score (nSPS) is 58.5. The van der Waals surface area contributed by atoms with E-state index < -0.39 is 0 Å². The summed E-state index contributed by atoms with van der Waals surface area (Å²) in [4.78, 5) is 0. The molecule has 4 saturated carbocycles. The quantitative estimate of drug-likeness (QED) is 0.557. The first-order valence-electron chi connectivity index (χ1n) is 9.22. The summed E-state index contributed by atoms with van der Waals surface area (Å²) >= 11 is 0. The Morgan fingerprint density at radius 3 is 1.30 bits per heavy atom. The molecule has 6 atom stereocenters. The lowest BCUT2D eigenvalue weighted by Crippen LogP contribution is -2.35. The van der Waals surface area contributed by atoms with E-state index in [1.54, 1.807) is 0 Å². The Kier molecular flexibility index (Phi) is 2.38. The molecule has 0 aromatic carbocycles. The van der Waals surface area contributed by atoms with Gasteiger partial charge in [0.2, 0.25) is 0 Å². The van der Waals surface area contributed by atoms with Crippen LogP contribution >= 0.6 is 0 Å². The highest BCUT2D eigenvalue weighted by molar-refractivity contribution is 5.37. The van der Waals surface area contributed by atoms with Gasteiger partial charge in [-0.25, -0.2) is 0 Å². The van der Waals surface area contributed by atoms with Gasteiger partial charge in [-0.15, -0.1) is 0 Å². The van der Waals surface area contributed by atoms with Crippen molar-refractivity contribution < 1.29 is 0 Å². The maximum Gasteiger partial charge on any atom is -0.0143 e. The van der Waals surface area contributed by atoms with E-state index in [4.69, 9.17) is 0 Å². The van der Waals surface area contributed by atoms with Crippen LogP contribution in [0.5, 0.6) is 0 Å². The van der Waals surface area contributed by atoms with Crippen LogP contribution in [0, 0.1) is 45.3 Å². The second-order valence-electron chi connectivity index (χ2n) is 10.3. The van der Waals surface area contributed by atoms with Gasteiger partial charge in [-0.2, -0.15) is 0 Å². The summed E-state index contributed by atoms with van der Waals surface area (Å²) in [5.74, 6) is 4.02. The summed E-state index contributed by atoms with van der Waals surface area (Å²) in [6.45, 7) is 15.5. The first kappa shape index (κ1) is 13.6. The zero-order valence-electron chi connectivity index (χ0n) is 14.6. The van der Waals surface area contributed by atoms with E-state index in [1.165, 1.54) is 38.5 Å². The molecule has 0 amide bonds. The Morgan fingerprint density at radius 2 is 0.950 bits per heavy atom. The SMILES string of the molecule is CC1CCC2C(C)(C)C2(C23CC(C)CCC2C3(C)C)C1. The van der Waals surface area contributed by atoms with Crippen LogP contribution in [-0.2, 0) is 0 Å². The van der Waals surface area contributed by atoms with E-state index in [0.29, 0.717) is 21.7 Å². The van der Waals surface area contributed by atoms with Crippen LogP contribution in [0.25, 0.3) is 0 Å². The molecule has 0 heteroatoms. The average Bonchev–Trinajstić information content (AvgIpc) is 3.06. The van der Waals surface area contributed by atoms with E-state index in [1.807, 2.05) is 0 Å². The Bertz CT molecular complexity index is 403. The molecule has 114 valence electrons. The molecule has 0 saturated heterocycles. The molecular weight excluding hydrogens is 240 g/mol. The molecule has 4 aliphatic carbocycles. The van der Waals surface area contributed by atoms with Gasteiger partial charge in [-0.05, 0) is 71.0 Å². The van der Waals surface area contributed by atoms with Gasteiger partial charge in [0.1, 0.15) is 0 Å². The Morgan fingerprint density at radius 1 is 0.600 bits per heavy atom. The van der Waals surface area contributed by atoms with Crippen LogP contribution in [0.3, 0.4) is 0 Å². The van der Waals surface area contributed by atoms with Crippen molar-refractivity contribution >= 4 is 0 Å². The lowest BCUT2D eigenvalue weighted by atomic mass is 9.62. The molecule has 0 N–H and O–H groups in total. The molecular formula is C20H34. The van der Waals surface area contributed by atoms with Crippen LogP contribution < -0.4 is 0 Å². The first-order chi connectivity index (χ1) is 9.22. The standard InChI is InChI=1S/C20H34/c1-13-7-9-15-17(3,4)19(15,11-13)20-12-14(2)8-10-16(20)18(20,5)6/h13-16H,7-12H2,1-6H3. The molecule has 4 fully saturated rings. The van der Waals surface area contributed by atoms with E-state index in [2.05, 4.69) is 41.5 Å². The van der Waals surface area contributed by atoms with Crippen LogP contribution in [0.15, 0.2) is 0 Å². The second-order valence-corrected chi connectivity index (χ2v) is 10.3. The number of rotatable bonds is 1. The molecule has 0 nitrogen and oxygen atoms in total. The molecule has 0 bridgehead atoms. The number of hydrogen-bond acceptors (Lipinski definition) is 0. The number of hydrogen-bond donors (Lipinski definition) is 0. The van der Waals surface area contributed by atoms with Crippen LogP contribution in [0.2, 0.25) is 0 Å². The van der Waals surface area contributed by atoms with Gasteiger partial charge in [0.15, 0.2) is 0 Å². The van der Waals surface area contributed by atoms with Crippen LogP contribution in [-0.4, -0.2) is 0 Å². The maximum absolute atomic E-state index is 2.62. The summed E-state index contributed by atoms with van der Waals surface area (Å²) in [5.41, 5.74) is 2.67. The smallest absolute Gasteiger partial charge is 0.0143 e. The summed E-state index contributed by atoms with van der Waals surface area (Å²) in [6, 6.07) is 0. The fourth-order valence-electron chi connectivity index (χ4n) is 8.30. The third kappa shape index (κ3) is 1.16. The van der Waals surface area contributed by atoms with Crippen molar-refractivity contribution in [1.82, 2.24) is 0 Å². The van der Waals surface area contributed by atoms with E-state index >= 15 is 0 Å². The van der Waals surface area contributed by atoms with Gasteiger partial charge in [-0.3, -0.25) is 0 Å². The van der Waals surface area contributed by atoms with Gasteiger partial charge < -0.3 is 0 Å². The first-order valence-corrected chi connectivity index (χ1v) is 9.22. The van der Waals surface area contributed by atoms with Crippen molar-refractivity contribution in [3.63, 3.8) is 0 Å². The highest BCUT2D eigenvalue weighted by atomic mass is 14.9. The Hall–Kier alpha value is 0. The fraction of sp³-hybridized carbons (Fsp3) is 1.00. The van der Waals surface area contributed by atoms with E-state index in [-0.39, 0.29) is 0 Å². The van der Waals surface area contributed by atoms with Gasteiger partial charge in [0.25, 0.3) is 0 Å². The van der Waals surface area contributed by atoms with Gasteiger partial charge in [0.05, 0.1) is 0 Å². The van der Waals surface area contributed by atoms with Crippen molar-refractivity contribution in [3.05, 3.63) is 0 Å². The average molecular weight is 274 g/mol. The molecule has 0 heterocycles. The minimum Gasteiger partial charge on any atom is -0.0625 e. The minimum absolute atomic E-state index is 0.626. The van der Waals surface area contributed by atoms with Crippen molar-refractivity contribution in [1.29, 1.82) is 0 Å². The Balaban J connectivity index is 1.79. The summed E-state index contributed by atoms with van der Waals surface area (Å²) in [6.07, 6.45) is 9.11. The van der Waals surface area contributed by atoms with Crippen LogP contribution in [0.4, 0.5) is 0 Å². The lowest BCUT2D eigenvalue weighted by Gasteiger charge is -2.42. The molecule has 0 aliphatic heterocycles. The van der Waals surface area contributed by atoms with Crippen molar-refractivity contribution in [2.45, 2.75) is 80.1 Å². The number of fused-ring (bicyclic) bond motifs is 3. The van der Waals surface area contributed by atoms with Crippen molar-refractivity contribution in [3.8, 4) is 0 Å². The zero-order chi connectivity index (χ0) is 14.6. The van der Waals surface area contributed by atoms with Crippen molar-refractivity contribution in [2.75, 3.05) is 0 Å². The predicted molar refractivity (Wildman–Crippen MR) is 85.4 cm³/mol. The monoisotopic (exact) mass is 274 g/mol. The molecule has 0 aromatic heterocycles. The van der Waals surface area contributed by atoms with Gasteiger partial charge in [0, 0.05) is 0 Å².